The van der Waals surface area contributed by atoms with Crippen molar-refractivity contribution in [1.29, 1.82) is 0 Å². The van der Waals surface area contributed by atoms with Crippen molar-refractivity contribution in [2.45, 2.75) is 58.3 Å². The van der Waals surface area contributed by atoms with E-state index in [1.165, 1.54) is 38.5 Å². The first-order valence-electron chi connectivity index (χ1n) is 4.99. The zero-order chi connectivity index (χ0) is 9.23. The van der Waals surface area contributed by atoms with Crippen LogP contribution in [-0.2, 0) is 4.79 Å². The zero-order valence-electron chi connectivity index (χ0n) is 8.01. The lowest BCUT2D eigenvalue weighted by molar-refractivity contribution is -0.137. The summed E-state index contributed by atoms with van der Waals surface area (Å²) >= 11 is 0. The molecule has 0 bridgehead atoms. The van der Waals surface area contributed by atoms with Crippen LogP contribution in [0.3, 0.4) is 0 Å². The fourth-order valence-corrected chi connectivity index (χ4v) is 1.27. The maximum Gasteiger partial charge on any atom is 0.303 e. The Hall–Kier alpha value is -0.530. The molecule has 1 rings (SSSR count). The highest BCUT2D eigenvalue weighted by molar-refractivity contribution is 5.66. The molecule has 72 valence electrons. The van der Waals surface area contributed by atoms with Gasteiger partial charge in [-0.3, -0.25) is 4.79 Å². The summed E-state index contributed by atoms with van der Waals surface area (Å²) in [6, 6.07) is 0. The molecule has 0 amide bonds. The number of carboxylic acids is 1. The second kappa shape index (κ2) is 8.57. The average Bonchev–Trinajstić information content (AvgIpc) is 2.08. The molecule has 1 saturated carbocycles. The van der Waals surface area contributed by atoms with Crippen molar-refractivity contribution in [3.63, 3.8) is 0 Å². The van der Waals surface area contributed by atoms with Crippen molar-refractivity contribution in [3.05, 3.63) is 0 Å². The summed E-state index contributed by atoms with van der Waals surface area (Å²) in [4.78, 5) is 9.60. The van der Waals surface area contributed by atoms with E-state index in [-0.39, 0.29) is 0 Å². The van der Waals surface area contributed by atoms with Crippen LogP contribution in [0.5, 0.6) is 0 Å². The van der Waals surface area contributed by atoms with Crippen LogP contribution in [0.15, 0.2) is 0 Å². The third-order valence-electron chi connectivity index (χ3n) is 1.96. The molecule has 12 heavy (non-hydrogen) atoms. The van der Waals surface area contributed by atoms with E-state index in [2.05, 4.69) is 0 Å². The van der Waals surface area contributed by atoms with Gasteiger partial charge in [0.05, 0.1) is 0 Å². The Morgan fingerprint density at radius 3 is 1.50 bits per heavy atom. The van der Waals surface area contributed by atoms with E-state index in [1.807, 2.05) is 6.92 Å². The van der Waals surface area contributed by atoms with E-state index >= 15 is 0 Å². The molecule has 1 fully saturated rings. The smallest absolute Gasteiger partial charge is 0.303 e. The van der Waals surface area contributed by atoms with Crippen molar-refractivity contribution in [2.75, 3.05) is 0 Å². The minimum atomic E-state index is -0.711. The number of carboxylic acid groups (broad SMARTS) is 1. The summed E-state index contributed by atoms with van der Waals surface area (Å²) in [5, 5.41) is 7.91. The topological polar surface area (TPSA) is 37.3 Å². The maximum absolute atomic E-state index is 9.60. The molecule has 0 saturated heterocycles. The summed E-state index contributed by atoms with van der Waals surface area (Å²) in [6.45, 7) is 1.84. The van der Waals surface area contributed by atoms with Gasteiger partial charge in [0.25, 0.3) is 0 Å². The van der Waals surface area contributed by atoms with E-state index in [1.54, 1.807) is 0 Å². The largest absolute Gasteiger partial charge is 0.481 e. The van der Waals surface area contributed by atoms with Gasteiger partial charge >= 0.3 is 5.97 Å². The molecule has 1 N–H and O–H groups in total. The van der Waals surface area contributed by atoms with Crippen molar-refractivity contribution in [3.8, 4) is 0 Å². The van der Waals surface area contributed by atoms with Crippen LogP contribution >= 0.6 is 0 Å². The van der Waals surface area contributed by atoms with Crippen LogP contribution in [0.4, 0.5) is 0 Å². The predicted molar refractivity (Wildman–Crippen MR) is 50.2 cm³/mol. The van der Waals surface area contributed by atoms with Gasteiger partial charge in [0, 0.05) is 6.42 Å². The third kappa shape index (κ3) is 9.47. The molecule has 0 unspecified atom stereocenters. The van der Waals surface area contributed by atoms with Gasteiger partial charge in [-0.2, -0.15) is 0 Å². The lowest BCUT2D eigenvalue weighted by atomic mass is 10.0. The number of aliphatic carboxylic acids is 1. The van der Waals surface area contributed by atoms with Gasteiger partial charge in [0.1, 0.15) is 0 Å². The van der Waals surface area contributed by atoms with E-state index < -0.39 is 5.97 Å². The van der Waals surface area contributed by atoms with Gasteiger partial charge in [-0.05, 0) is 6.42 Å². The number of rotatable bonds is 2. The van der Waals surface area contributed by atoms with Crippen molar-refractivity contribution in [2.24, 2.45) is 0 Å². The Kier molecular flexibility index (Phi) is 8.19. The first kappa shape index (κ1) is 11.5. The Morgan fingerprint density at radius 1 is 1.08 bits per heavy atom. The SMILES string of the molecule is C1CCCCC1.CCCC(=O)O. The van der Waals surface area contributed by atoms with Crippen LogP contribution in [-0.4, -0.2) is 11.1 Å². The fraction of sp³-hybridized carbons (Fsp3) is 0.900. The highest BCUT2D eigenvalue weighted by Gasteiger charge is 1.95. The Labute approximate surface area is 75.0 Å². The molecule has 0 aromatic rings. The van der Waals surface area contributed by atoms with E-state index in [9.17, 15) is 4.79 Å². The monoisotopic (exact) mass is 172 g/mol. The first-order chi connectivity index (χ1) is 5.77. The lowest BCUT2D eigenvalue weighted by Gasteiger charge is -2.05. The summed E-state index contributed by atoms with van der Waals surface area (Å²) in [5.41, 5.74) is 0. The summed E-state index contributed by atoms with van der Waals surface area (Å²) in [6.07, 6.45) is 10.0. The molecule has 1 aliphatic rings. The Bertz CT molecular complexity index is 94.9. The molecule has 0 radical (unpaired) electrons. The molecule has 0 aromatic carbocycles. The molecule has 0 spiro atoms. The summed E-state index contributed by atoms with van der Waals surface area (Å²) in [7, 11) is 0. The average molecular weight is 172 g/mol. The van der Waals surface area contributed by atoms with Gasteiger partial charge in [-0.25, -0.2) is 0 Å². The minimum Gasteiger partial charge on any atom is -0.481 e. The van der Waals surface area contributed by atoms with Gasteiger partial charge in [-0.1, -0.05) is 45.4 Å². The Morgan fingerprint density at radius 2 is 1.42 bits per heavy atom. The molecule has 2 heteroatoms. The number of carbonyl (C=O) groups is 1. The quantitative estimate of drug-likeness (QED) is 0.694. The molecule has 0 heterocycles. The normalized spacial score (nSPS) is 16.1. The maximum atomic E-state index is 9.60. The van der Waals surface area contributed by atoms with Crippen molar-refractivity contribution in [1.82, 2.24) is 0 Å². The van der Waals surface area contributed by atoms with Crippen LogP contribution in [0, 0.1) is 0 Å². The lowest BCUT2D eigenvalue weighted by Crippen LogP contribution is -1.90. The van der Waals surface area contributed by atoms with Crippen LogP contribution in [0.2, 0.25) is 0 Å². The van der Waals surface area contributed by atoms with Gasteiger partial charge in [0.15, 0.2) is 0 Å². The molecule has 0 aromatic heterocycles. The second-order valence-corrected chi connectivity index (χ2v) is 3.27. The number of hydrogen-bond acceptors (Lipinski definition) is 1. The third-order valence-corrected chi connectivity index (χ3v) is 1.96. The second-order valence-electron chi connectivity index (χ2n) is 3.27. The Balaban J connectivity index is 0.000000202. The van der Waals surface area contributed by atoms with E-state index in [0.29, 0.717) is 6.42 Å². The van der Waals surface area contributed by atoms with E-state index in [4.69, 9.17) is 5.11 Å². The molecular formula is C10H20O2. The molecule has 0 atom stereocenters. The van der Waals surface area contributed by atoms with Gasteiger partial charge in [0.2, 0.25) is 0 Å². The first-order valence-corrected chi connectivity index (χ1v) is 4.99. The fourth-order valence-electron chi connectivity index (χ4n) is 1.27. The minimum absolute atomic E-state index is 0.292. The van der Waals surface area contributed by atoms with Crippen molar-refractivity contribution < 1.29 is 9.90 Å². The van der Waals surface area contributed by atoms with Crippen LogP contribution in [0.1, 0.15) is 58.3 Å². The molecular weight excluding hydrogens is 152 g/mol. The van der Waals surface area contributed by atoms with Gasteiger partial charge in [-0.15, -0.1) is 0 Å². The molecule has 2 nitrogen and oxygen atoms in total. The molecule has 1 aliphatic carbocycles. The van der Waals surface area contributed by atoms with E-state index in [0.717, 1.165) is 6.42 Å². The highest BCUT2D eigenvalue weighted by Crippen LogP contribution is 2.15. The van der Waals surface area contributed by atoms with Crippen molar-refractivity contribution >= 4 is 5.97 Å². The highest BCUT2D eigenvalue weighted by atomic mass is 16.4. The zero-order valence-corrected chi connectivity index (χ0v) is 8.01. The van der Waals surface area contributed by atoms with Gasteiger partial charge < -0.3 is 5.11 Å². The summed E-state index contributed by atoms with van der Waals surface area (Å²) < 4.78 is 0. The van der Waals surface area contributed by atoms with Crippen LogP contribution < -0.4 is 0 Å². The number of hydrogen-bond donors (Lipinski definition) is 1. The predicted octanol–water partition coefficient (Wildman–Crippen LogP) is 3.21. The standard InChI is InChI=1S/C6H12.C4H8O2/c1-2-4-6-5-3-1;1-2-3-4(5)6/h1-6H2;2-3H2,1H3,(H,5,6). The summed E-state index contributed by atoms with van der Waals surface area (Å²) in [5.74, 6) is -0.711. The molecule has 0 aliphatic heterocycles. The van der Waals surface area contributed by atoms with Crippen LogP contribution in [0.25, 0.3) is 0 Å².